The van der Waals surface area contributed by atoms with Crippen molar-refractivity contribution in [3.05, 3.63) is 34.2 Å². The maximum atomic E-state index is 8.79. The summed E-state index contributed by atoms with van der Waals surface area (Å²) in [6.07, 6.45) is 3.27. The fourth-order valence-electron chi connectivity index (χ4n) is 2.81. The van der Waals surface area contributed by atoms with Gasteiger partial charge in [0.15, 0.2) is 5.69 Å². The van der Waals surface area contributed by atoms with Gasteiger partial charge < -0.3 is 9.64 Å². The first-order chi connectivity index (χ1) is 12.2. The Bertz CT molecular complexity index is 717. The molecule has 8 heteroatoms. The molecule has 1 saturated heterocycles. The van der Waals surface area contributed by atoms with Crippen molar-refractivity contribution in [1.82, 2.24) is 19.9 Å². The molecule has 2 aromatic rings. The van der Waals surface area contributed by atoms with Gasteiger partial charge in [-0.25, -0.2) is 15.0 Å². The van der Waals surface area contributed by atoms with E-state index in [-0.39, 0.29) is 6.10 Å². The molecule has 0 aliphatic carbocycles. The zero-order valence-electron chi connectivity index (χ0n) is 14.6. The predicted octanol–water partition coefficient (Wildman–Crippen LogP) is 2.22. The summed E-state index contributed by atoms with van der Waals surface area (Å²) in [6, 6.07) is 1.99. The Labute approximate surface area is 151 Å². The molecule has 25 heavy (non-hydrogen) atoms. The van der Waals surface area contributed by atoms with Crippen molar-refractivity contribution in [3.8, 4) is 6.07 Å². The van der Waals surface area contributed by atoms with E-state index in [1.54, 1.807) is 17.5 Å². The molecule has 0 aromatic carbocycles. The van der Waals surface area contributed by atoms with E-state index in [1.165, 1.54) is 6.20 Å². The first-order valence-electron chi connectivity index (χ1n) is 8.45. The topological polar surface area (TPSA) is 78.2 Å². The van der Waals surface area contributed by atoms with Crippen LogP contribution in [0.2, 0.25) is 0 Å². The van der Waals surface area contributed by atoms with E-state index >= 15 is 0 Å². The van der Waals surface area contributed by atoms with E-state index in [2.05, 4.69) is 25.1 Å². The van der Waals surface area contributed by atoms with Crippen LogP contribution in [-0.2, 0) is 11.3 Å². The molecule has 1 fully saturated rings. The van der Waals surface area contributed by atoms with Gasteiger partial charge in [-0.05, 0) is 13.8 Å². The van der Waals surface area contributed by atoms with Gasteiger partial charge in [0.1, 0.15) is 23.0 Å². The molecule has 1 aliphatic heterocycles. The molecule has 0 saturated carbocycles. The molecule has 0 bridgehead atoms. The average molecular weight is 358 g/mol. The smallest absolute Gasteiger partial charge is 0.158 e. The number of hydrogen-bond donors (Lipinski definition) is 0. The van der Waals surface area contributed by atoms with Gasteiger partial charge in [0, 0.05) is 44.7 Å². The molecule has 7 nitrogen and oxygen atoms in total. The van der Waals surface area contributed by atoms with Crippen LogP contribution in [0.3, 0.4) is 0 Å². The normalized spacial score (nSPS) is 16.6. The summed E-state index contributed by atoms with van der Waals surface area (Å²) in [5.74, 6) is 0.833. The van der Waals surface area contributed by atoms with Gasteiger partial charge in [-0.1, -0.05) is 0 Å². The van der Waals surface area contributed by atoms with Crippen molar-refractivity contribution in [1.29, 1.82) is 5.26 Å². The van der Waals surface area contributed by atoms with Crippen LogP contribution in [0.25, 0.3) is 0 Å². The SMILES string of the molecule is CCOC(C)c1nc(CN2CCN(c3cnc(C#N)cn3)CC2)cs1. The largest absolute Gasteiger partial charge is 0.372 e. The van der Waals surface area contributed by atoms with E-state index in [0.717, 1.165) is 49.2 Å². The Kier molecular flexibility index (Phi) is 5.91. The van der Waals surface area contributed by atoms with Crippen LogP contribution in [0.4, 0.5) is 5.82 Å². The molecular formula is C17H22N6OS. The first kappa shape index (κ1) is 17.7. The Hall–Kier alpha value is -2.08. The van der Waals surface area contributed by atoms with Gasteiger partial charge in [0.05, 0.1) is 18.1 Å². The fraction of sp³-hybridized carbons (Fsp3) is 0.529. The third kappa shape index (κ3) is 4.51. The second-order valence-corrected chi connectivity index (χ2v) is 6.80. The van der Waals surface area contributed by atoms with Crippen LogP contribution in [0, 0.1) is 11.3 Å². The highest BCUT2D eigenvalue weighted by molar-refractivity contribution is 7.09. The number of aromatic nitrogens is 3. The number of nitrogens with zero attached hydrogens (tertiary/aromatic N) is 6. The number of rotatable bonds is 6. The lowest BCUT2D eigenvalue weighted by atomic mass is 10.3. The zero-order valence-corrected chi connectivity index (χ0v) is 15.4. The summed E-state index contributed by atoms with van der Waals surface area (Å²) in [5, 5.41) is 12.0. The maximum Gasteiger partial charge on any atom is 0.158 e. The van der Waals surface area contributed by atoms with Crippen LogP contribution >= 0.6 is 11.3 Å². The molecule has 1 unspecified atom stereocenters. The van der Waals surface area contributed by atoms with Gasteiger partial charge in [0.25, 0.3) is 0 Å². The van der Waals surface area contributed by atoms with Crippen LogP contribution in [0.15, 0.2) is 17.8 Å². The Morgan fingerprint density at radius 2 is 2.08 bits per heavy atom. The molecule has 0 amide bonds. The number of piperazine rings is 1. The van der Waals surface area contributed by atoms with Crippen LogP contribution < -0.4 is 4.90 Å². The molecule has 132 valence electrons. The first-order valence-corrected chi connectivity index (χ1v) is 9.33. The molecular weight excluding hydrogens is 336 g/mol. The number of thiazole rings is 1. The number of anilines is 1. The van der Waals surface area contributed by atoms with E-state index in [4.69, 9.17) is 15.0 Å². The fourth-order valence-corrected chi connectivity index (χ4v) is 3.62. The third-order valence-corrected chi connectivity index (χ3v) is 5.22. The second-order valence-electron chi connectivity index (χ2n) is 5.91. The standard InChI is InChI=1S/C17H22N6OS/c1-3-24-13(2)17-21-15(12-25-17)11-22-4-6-23(7-5-22)16-10-19-14(8-18)9-20-16/h9-10,12-13H,3-7,11H2,1-2H3. The minimum atomic E-state index is 0.0653. The quantitative estimate of drug-likeness (QED) is 0.783. The summed E-state index contributed by atoms with van der Waals surface area (Å²) in [7, 11) is 0. The van der Waals surface area contributed by atoms with Crippen molar-refractivity contribution in [2.24, 2.45) is 0 Å². The minimum absolute atomic E-state index is 0.0653. The third-order valence-electron chi connectivity index (χ3n) is 4.17. The Morgan fingerprint density at radius 1 is 1.28 bits per heavy atom. The molecule has 0 N–H and O–H groups in total. The predicted molar refractivity (Wildman–Crippen MR) is 96.4 cm³/mol. The van der Waals surface area contributed by atoms with E-state index < -0.39 is 0 Å². The molecule has 1 atom stereocenters. The van der Waals surface area contributed by atoms with Crippen LogP contribution in [0.1, 0.15) is 36.3 Å². The van der Waals surface area contributed by atoms with Gasteiger partial charge in [0.2, 0.25) is 0 Å². The summed E-state index contributed by atoms with van der Waals surface area (Å²) in [6.45, 7) is 9.32. The molecule has 3 rings (SSSR count). The lowest BCUT2D eigenvalue weighted by Gasteiger charge is -2.34. The van der Waals surface area contributed by atoms with Crippen molar-refractivity contribution in [3.63, 3.8) is 0 Å². The number of ether oxygens (including phenoxy) is 1. The Morgan fingerprint density at radius 3 is 2.72 bits per heavy atom. The molecule has 1 aliphatic rings. The highest BCUT2D eigenvalue weighted by Gasteiger charge is 2.20. The van der Waals surface area contributed by atoms with E-state index in [0.29, 0.717) is 12.3 Å². The van der Waals surface area contributed by atoms with Gasteiger partial charge in [-0.15, -0.1) is 11.3 Å². The van der Waals surface area contributed by atoms with Crippen molar-refractivity contribution in [2.45, 2.75) is 26.5 Å². The minimum Gasteiger partial charge on any atom is -0.372 e. The second kappa shape index (κ2) is 8.34. The molecule has 2 aromatic heterocycles. The maximum absolute atomic E-state index is 8.79. The summed E-state index contributed by atoms with van der Waals surface area (Å²) < 4.78 is 5.61. The van der Waals surface area contributed by atoms with Gasteiger partial charge in [-0.3, -0.25) is 4.90 Å². The van der Waals surface area contributed by atoms with E-state index in [9.17, 15) is 0 Å². The van der Waals surface area contributed by atoms with Crippen molar-refractivity contribution < 1.29 is 4.74 Å². The van der Waals surface area contributed by atoms with Crippen molar-refractivity contribution in [2.75, 3.05) is 37.7 Å². The number of nitriles is 1. The lowest BCUT2D eigenvalue weighted by molar-refractivity contribution is 0.0760. The van der Waals surface area contributed by atoms with Gasteiger partial charge in [-0.2, -0.15) is 5.26 Å². The highest BCUT2D eigenvalue weighted by Crippen LogP contribution is 2.22. The number of hydrogen-bond acceptors (Lipinski definition) is 8. The molecule has 3 heterocycles. The summed E-state index contributed by atoms with van der Waals surface area (Å²) >= 11 is 1.67. The zero-order chi connectivity index (χ0) is 17.6. The van der Waals surface area contributed by atoms with Crippen LogP contribution in [0.5, 0.6) is 0 Å². The molecule has 0 radical (unpaired) electrons. The van der Waals surface area contributed by atoms with E-state index in [1.807, 2.05) is 19.9 Å². The van der Waals surface area contributed by atoms with Crippen LogP contribution in [-0.4, -0.2) is 52.6 Å². The Balaban J connectivity index is 1.51. The van der Waals surface area contributed by atoms with Crippen molar-refractivity contribution >= 4 is 17.2 Å². The highest BCUT2D eigenvalue weighted by atomic mass is 32.1. The lowest BCUT2D eigenvalue weighted by Crippen LogP contribution is -2.46. The average Bonchev–Trinajstić information content (AvgIpc) is 3.11. The van der Waals surface area contributed by atoms with Gasteiger partial charge >= 0.3 is 0 Å². The summed E-state index contributed by atoms with van der Waals surface area (Å²) in [5.41, 5.74) is 1.46. The molecule has 0 spiro atoms. The monoisotopic (exact) mass is 358 g/mol. The summed E-state index contributed by atoms with van der Waals surface area (Å²) in [4.78, 5) is 17.7.